The van der Waals surface area contributed by atoms with Crippen molar-refractivity contribution in [1.29, 1.82) is 0 Å². The molecule has 0 saturated heterocycles. The van der Waals surface area contributed by atoms with Crippen LogP contribution in [0.25, 0.3) is 0 Å². The lowest BCUT2D eigenvalue weighted by molar-refractivity contribution is -0.138. The third kappa shape index (κ3) is 4.04. The molecule has 0 rings (SSSR count). The van der Waals surface area contributed by atoms with Gasteiger partial charge in [0.1, 0.15) is 11.5 Å². The zero-order chi connectivity index (χ0) is 8.15. The highest BCUT2D eigenvalue weighted by molar-refractivity contribution is 7.71. The van der Waals surface area contributed by atoms with Crippen LogP contribution in [0.15, 0.2) is 0 Å². The largest absolute Gasteiger partial charge is 0.480 e. The van der Waals surface area contributed by atoms with Crippen LogP contribution >= 0.6 is 0 Å². The van der Waals surface area contributed by atoms with Crippen LogP contribution < -0.4 is 5.32 Å². The fourth-order valence-electron chi connectivity index (χ4n) is 0.229. The van der Waals surface area contributed by atoms with Gasteiger partial charge in [-0.25, -0.2) is 0 Å². The van der Waals surface area contributed by atoms with Crippen LogP contribution in [0.3, 0.4) is 0 Å². The van der Waals surface area contributed by atoms with Crippen molar-refractivity contribution in [1.82, 2.24) is 5.32 Å². The Balaban J connectivity index is 3.94. The van der Waals surface area contributed by atoms with Gasteiger partial charge < -0.3 is 5.11 Å². The predicted octanol–water partition coefficient (Wildman–Crippen LogP) is -1.31. The number of carboxylic acid groups (broad SMARTS) is 1. The molecule has 1 atom stereocenters. The molecule has 0 bridgehead atoms. The van der Waals surface area contributed by atoms with Gasteiger partial charge in [-0.1, -0.05) is 0 Å². The van der Waals surface area contributed by atoms with Crippen LogP contribution in [-0.2, 0) is 15.1 Å². The normalized spacial score (nSPS) is 12.1. The van der Waals surface area contributed by atoms with Gasteiger partial charge in [0.15, 0.2) is 0 Å². The van der Waals surface area contributed by atoms with Gasteiger partial charge in [-0.15, -0.1) is 0 Å². The Labute approximate surface area is 59.2 Å². The first-order valence-corrected chi connectivity index (χ1v) is 3.58. The van der Waals surface area contributed by atoms with Crippen molar-refractivity contribution in [3.05, 3.63) is 0 Å². The Bertz CT molecular complexity index is 234. The predicted molar refractivity (Wildman–Crippen MR) is 35.2 cm³/mol. The first-order chi connectivity index (χ1) is 4.54. The zero-order valence-electron chi connectivity index (χ0n) is 5.23. The first kappa shape index (κ1) is 9.12. The molecule has 0 fully saturated rings. The van der Waals surface area contributed by atoms with Gasteiger partial charge in [0.2, 0.25) is 10.3 Å². The van der Waals surface area contributed by atoms with E-state index >= 15 is 0 Å². The molecule has 0 aliphatic carbocycles. The van der Waals surface area contributed by atoms with Crippen LogP contribution in [-0.4, -0.2) is 31.0 Å². The van der Waals surface area contributed by atoms with Crippen LogP contribution in [0.1, 0.15) is 6.92 Å². The summed E-state index contributed by atoms with van der Waals surface area (Å²) in [6.45, 7) is 1.34. The van der Waals surface area contributed by atoms with Crippen molar-refractivity contribution >= 4 is 21.8 Å². The summed E-state index contributed by atoms with van der Waals surface area (Å²) in [4.78, 5) is 10.0. The number of aliphatic carboxylic acids is 1. The van der Waals surface area contributed by atoms with Crippen molar-refractivity contribution < 1.29 is 18.3 Å². The topological polar surface area (TPSA) is 83.5 Å². The molecule has 58 valence electrons. The van der Waals surface area contributed by atoms with Gasteiger partial charge in [-0.05, 0) is 6.92 Å². The summed E-state index contributed by atoms with van der Waals surface area (Å²) < 4.78 is 19.6. The van der Waals surface area contributed by atoms with Gasteiger partial charge in [0.25, 0.3) is 0 Å². The lowest BCUT2D eigenvalue weighted by Crippen LogP contribution is -2.32. The molecular weight excluding hydrogens is 158 g/mol. The zero-order valence-corrected chi connectivity index (χ0v) is 6.05. The standard InChI is InChI=1S/C4H7NO4S/c1-3(4(6)7)5-2-10(8)9/h2-3,5H,1H3,(H,6,7). The van der Waals surface area contributed by atoms with Crippen LogP contribution in [0.2, 0.25) is 0 Å². The van der Waals surface area contributed by atoms with Crippen molar-refractivity contribution in [2.45, 2.75) is 13.0 Å². The molecule has 0 aliphatic heterocycles. The lowest BCUT2D eigenvalue weighted by Gasteiger charge is -1.99. The van der Waals surface area contributed by atoms with Crippen molar-refractivity contribution in [2.75, 3.05) is 0 Å². The van der Waals surface area contributed by atoms with E-state index < -0.39 is 22.3 Å². The summed E-state index contributed by atoms with van der Waals surface area (Å²) >= 11 is 0. The average molecular weight is 165 g/mol. The van der Waals surface area contributed by atoms with E-state index in [9.17, 15) is 13.2 Å². The van der Waals surface area contributed by atoms with E-state index in [1.165, 1.54) is 6.92 Å². The molecule has 5 nitrogen and oxygen atoms in total. The molecule has 0 radical (unpaired) electrons. The molecule has 1 unspecified atom stereocenters. The minimum atomic E-state index is -2.35. The molecule has 0 aliphatic rings. The molecule has 2 N–H and O–H groups in total. The number of hydrogen-bond acceptors (Lipinski definition) is 3. The minimum absolute atomic E-state index is 0.693. The highest BCUT2D eigenvalue weighted by Crippen LogP contribution is 1.75. The highest BCUT2D eigenvalue weighted by Gasteiger charge is 2.06. The van der Waals surface area contributed by atoms with Crippen molar-refractivity contribution in [2.24, 2.45) is 0 Å². The Kier molecular flexibility index (Phi) is 3.67. The van der Waals surface area contributed by atoms with E-state index in [0.29, 0.717) is 5.49 Å². The molecule has 6 heteroatoms. The van der Waals surface area contributed by atoms with Crippen LogP contribution in [0.4, 0.5) is 0 Å². The Morgan fingerprint density at radius 1 is 1.70 bits per heavy atom. The van der Waals surface area contributed by atoms with E-state index in [1.807, 2.05) is 0 Å². The van der Waals surface area contributed by atoms with Gasteiger partial charge in [-0.3, -0.25) is 10.1 Å². The maximum atomic E-state index is 10.0. The smallest absolute Gasteiger partial charge is 0.320 e. The SMILES string of the molecule is CC(NC=S(=O)=O)C(=O)O. The fourth-order valence-corrected chi connectivity index (χ4v) is 0.544. The second-order valence-electron chi connectivity index (χ2n) is 1.60. The van der Waals surface area contributed by atoms with E-state index in [2.05, 4.69) is 5.32 Å². The second kappa shape index (κ2) is 4.02. The molecule has 0 spiro atoms. The van der Waals surface area contributed by atoms with Gasteiger partial charge >= 0.3 is 5.97 Å². The molecular formula is C4H7NO4S. The van der Waals surface area contributed by atoms with Crippen LogP contribution in [0.5, 0.6) is 0 Å². The van der Waals surface area contributed by atoms with Crippen LogP contribution in [0, 0.1) is 0 Å². The van der Waals surface area contributed by atoms with E-state index in [0.717, 1.165) is 0 Å². The third-order valence-corrected chi connectivity index (χ3v) is 1.11. The second-order valence-corrected chi connectivity index (χ2v) is 2.36. The summed E-state index contributed by atoms with van der Waals surface area (Å²) in [7, 11) is -2.35. The minimum Gasteiger partial charge on any atom is -0.480 e. The summed E-state index contributed by atoms with van der Waals surface area (Å²) in [5.74, 6) is -1.10. The Morgan fingerprint density at radius 2 is 2.20 bits per heavy atom. The van der Waals surface area contributed by atoms with E-state index in [4.69, 9.17) is 5.11 Å². The molecule has 10 heavy (non-hydrogen) atoms. The Morgan fingerprint density at radius 3 is 2.50 bits per heavy atom. The summed E-state index contributed by atoms with van der Waals surface area (Å²) in [6, 6.07) is -0.877. The molecule has 0 aromatic rings. The van der Waals surface area contributed by atoms with E-state index in [1.54, 1.807) is 0 Å². The molecule has 0 heterocycles. The molecule has 0 amide bonds. The highest BCUT2D eigenvalue weighted by atomic mass is 32.2. The number of hydrogen-bond donors (Lipinski definition) is 2. The maximum absolute atomic E-state index is 10.0. The van der Waals surface area contributed by atoms with Gasteiger partial charge in [0.05, 0.1) is 0 Å². The van der Waals surface area contributed by atoms with Crippen molar-refractivity contribution in [3.63, 3.8) is 0 Å². The third-order valence-electron chi connectivity index (χ3n) is 0.785. The number of nitrogens with one attached hydrogen (secondary N) is 1. The monoisotopic (exact) mass is 165 g/mol. The molecule has 0 aromatic heterocycles. The number of rotatable bonds is 3. The van der Waals surface area contributed by atoms with Crippen molar-refractivity contribution in [3.8, 4) is 0 Å². The molecule has 0 aromatic carbocycles. The average Bonchev–Trinajstić information content (AvgIpc) is 1.82. The summed E-state index contributed by atoms with van der Waals surface area (Å²) in [5.41, 5.74) is 0.693. The number of carboxylic acids is 1. The number of carbonyl (C=O) groups is 1. The fraction of sp³-hybridized carbons (Fsp3) is 0.500. The van der Waals surface area contributed by atoms with Gasteiger partial charge in [0, 0.05) is 0 Å². The van der Waals surface area contributed by atoms with E-state index in [-0.39, 0.29) is 0 Å². The Hall–Kier alpha value is -0.880. The summed E-state index contributed by atoms with van der Waals surface area (Å²) in [6.07, 6.45) is 0. The lowest BCUT2D eigenvalue weighted by atomic mass is 10.4. The quantitative estimate of drug-likeness (QED) is 0.507. The maximum Gasteiger partial charge on any atom is 0.320 e. The first-order valence-electron chi connectivity index (χ1n) is 2.44. The van der Waals surface area contributed by atoms with Gasteiger partial charge in [-0.2, -0.15) is 8.42 Å². The molecule has 0 saturated carbocycles. The summed E-state index contributed by atoms with van der Waals surface area (Å²) in [5, 5.41) is 10.4.